The molecule has 8 rings (SSSR count). The lowest BCUT2D eigenvalue weighted by molar-refractivity contribution is -0.138. The monoisotopic (exact) mass is 781 g/mol. The number of amides is 4. The fourth-order valence-electron chi connectivity index (χ4n) is 9.18. The van der Waals surface area contributed by atoms with Gasteiger partial charge in [-0.3, -0.25) is 29.5 Å². The third kappa shape index (κ3) is 5.59. The number of rotatable bonds is 8. The predicted octanol–water partition coefficient (Wildman–Crippen LogP) is 4.59. The quantitative estimate of drug-likeness (QED) is 0.113. The van der Waals surface area contributed by atoms with E-state index in [9.17, 15) is 29.5 Å². The highest BCUT2D eigenvalue weighted by Crippen LogP contribution is 2.64. The third-order valence-electron chi connectivity index (χ3n) is 11.5. The summed E-state index contributed by atoms with van der Waals surface area (Å²) in [7, 11) is 1.12. The number of phenols is 1. The molecule has 6 atom stereocenters. The lowest BCUT2D eigenvalue weighted by Crippen LogP contribution is -2.53. The van der Waals surface area contributed by atoms with Crippen LogP contribution < -0.4 is 25.3 Å². The molecule has 4 N–H and O–H groups in total. The molecule has 2 aliphatic heterocycles. The molecule has 4 aromatic rings. The Bertz CT molecular complexity index is 2300. The van der Waals surface area contributed by atoms with Crippen LogP contribution in [-0.4, -0.2) is 65.1 Å². The second-order valence-electron chi connectivity index (χ2n) is 14.1. The number of hydrazine groups is 1. The molecular formula is C40H34BCl2N3O9. The van der Waals surface area contributed by atoms with Crippen molar-refractivity contribution in [2.45, 2.75) is 24.2 Å². The minimum Gasteiger partial charge on any atom is -0.504 e. The van der Waals surface area contributed by atoms with E-state index in [-0.39, 0.29) is 46.2 Å². The molecule has 3 fully saturated rings. The average molecular weight is 782 g/mol. The fraction of sp³-hybridized carbons (Fsp3) is 0.250. The number of anilines is 2. The number of carbonyl (C=O) groups excluding carboxylic acids is 4. The molecule has 0 bridgehead atoms. The van der Waals surface area contributed by atoms with Gasteiger partial charge >= 0.3 is 7.12 Å². The number of carbonyl (C=O) groups is 4. The molecule has 0 spiro atoms. The molecule has 4 aromatic carbocycles. The average Bonchev–Trinajstić information content (AvgIpc) is 3.56. The summed E-state index contributed by atoms with van der Waals surface area (Å²) in [6.45, 7) is 0. The number of benzene rings is 4. The second kappa shape index (κ2) is 13.8. The Kier molecular flexibility index (Phi) is 9.16. The lowest BCUT2D eigenvalue weighted by Gasteiger charge is -2.50. The van der Waals surface area contributed by atoms with Crippen LogP contribution in [0.15, 0.2) is 96.6 Å². The van der Waals surface area contributed by atoms with Crippen molar-refractivity contribution in [3.8, 4) is 17.2 Å². The van der Waals surface area contributed by atoms with Crippen molar-refractivity contribution in [2.75, 3.05) is 24.5 Å². The van der Waals surface area contributed by atoms with Gasteiger partial charge in [0, 0.05) is 10.9 Å². The van der Waals surface area contributed by atoms with Gasteiger partial charge in [-0.05, 0) is 89.9 Å². The van der Waals surface area contributed by atoms with Gasteiger partial charge in [-0.2, -0.15) is 5.01 Å². The van der Waals surface area contributed by atoms with E-state index in [1.165, 1.54) is 44.6 Å². The summed E-state index contributed by atoms with van der Waals surface area (Å²) in [6, 6.07) is 22.3. The van der Waals surface area contributed by atoms with Crippen molar-refractivity contribution in [3.63, 3.8) is 0 Å². The third-order valence-corrected chi connectivity index (χ3v) is 12.1. The van der Waals surface area contributed by atoms with E-state index >= 15 is 4.79 Å². The lowest BCUT2D eigenvalue weighted by atomic mass is 9.49. The van der Waals surface area contributed by atoms with Crippen LogP contribution in [0.25, 0.3) is 0 Å². The van der Waals surface area contributed by atoms with Gasteiger partial charge in [0.25, 0.3) is 11.8 Å². The molecule has 55 heavy (non-hydrogen) atoms. The van der Waals surface area contributed by atoms with Crippen molar-refractivity contribution in [2.24, 2.45) is 23.7 Å². The molecule has 0 radical (unpaired) electrons. The Morgan fingerprint density at radius 1 is 0.855 bits per heavy atom. The van der Waals surface area contributed by atoms with E-state index in [1.807, 2.05) is 6.08 Å². The number of aromatic hydroxyl groups is 1. The normalized spacial score (nSPS) is 25.6. The molecule has 2 aliphatic carbocycles. The largest absolute Gasteiger partial charge is 0.504 e. The number of nitrogens with zero attached hydrogens (tertiary/aromatic N) is 2. The van der Waals surface area contributed by atoms with Gasteiger partial charge in [0.2, 0.25) is 11.8 Å². The highest BCUT2D eigenvalue weighted by atomic mass is 35.5. The standard InChI is InChI=1S/C40H34BCl2N3O9/c1-54-25-10-7-21(8-11-25)40-29(37(49)46(39(40)51)44-31-14-9-23(42)18-30(31)43)19-28-26(35(40)20-6-15-33(55-2)32(47)16-20)12-13-27-34(28)38(50)45(36(27)48)24-5-3-4-22(17-24)41(52)53/h3-12,14-18,27-29,34-35,44,47,52-53H,13,19H2,1-2H3. The smallest absolute Gasteiger partial charge is 0.488 e. The van der Waals surface area contributed by atoms with Crippen molar-refractivity contribution in [3.05, 3.63) is 118 Å². The Labute approximate surface area is 326 Å². The zero-order valence-corrected chi connectivity index (χ0v) is 31.0. The van der Waals surface area contributed by atoms with Crippen LogP contribution in [0.4, 0.5) is 11.4 Å². The number of allylic oxidation sites excluding steroid dienone is 2. The maximum absolute atomic E-state index is 15.4. The van der Waals surface area contributed by atoms with E-state index in [1.54, 1.807) is 54.6 Å². The fourth-order valence-corrected chi connectivity index (χ4v) is 9.63. The summed E-state index contributed by atoms with van der Waals surface area (Å²) in [5, 5.41) is 32.3. The van der Waals surface area contributed by atoms with E-state index in [0.717, 1.165) is 9.91 Å². The van der Waals surface area contributed by atoms with Crippen LogP contribution in [0.1, 0.15) is 29.9 Å². The highest BCUT2D eigenvalue weighted by Gasteiger charge is 2.70. The Hall–Kier alpha value is -5.34. The molecule has 0 aromatic heterocycles. The highest BCUT2D eigenvalue weighted by molar-refractivity contribution is 6.58. The summed E-state index contributed by atoms with van der Waals surface area (Å²) in [6.07, 6.45) is 2.08. The summed E-state index contributed by atoms with van der Waals surface area (Å²) in [5.41, 5.74) is 3.55. The number of phenolic OH excluding ortho intramolecular Hbond substituents is 1. The number of hydrogen-bond acceptors (Lipinski definition) is 10. The molecular weight excluding hydrogens is 748 g/mol. The molecule has 1 saturated carbocycles. The first kappa shape index (κ1) is 36.6. The van der Waals surface area contributed by atoms with Crippen molar-refractivity contribution in [1.82, 2.24) is 5.01 Å². The number of nitrogens with one attached hydrogen (secondary N) is 1. The van der Waals surface area contributed by atoms with Gasteiger partial charge in [-0.25, -0.2) is 0 Å². The number of hydrogen-bond donors (Lipinski definition) is 4. The molecule has 12 nitrogen and oxygen atoms in total. The van der Waals surface area contributed by atoms with Gasteiger partial charge in [0.15, 0.2) is 11.5 Å². The van der Waals surface area contributed by atoms with Crippen LogP contribution in [0.5, 0.6) is 17.2 Å². The molecule has 2 saturated heterocycles. The summed E-state index contributed by atoms with van der Waals surface area (Å²) >= 11 is 12.7. The zero-order valence-electron chi connectivity index (χ0n) is 29.5. The van der Waals surface area contributed by atoms with Crippen molar-refractivity contribution >= 4 is 70.8 Å². The number of fused-ring (bicyclic) bond motifs is 4. The van der Waals surface area contributed by atoms with Crippen LogP contribution in [0.3, 0.4) is 0 Å². The SMILES string of the molecule is COc1ccc(C23C(=O)N(Nc4ccc(Cl)cc4Cl)C(=O)C2CC2C(=CCC4C(=O)N(c5cccc(B(O)O)c5)C(=O)C42)C3c2ccc(OC)c(O)c2)cc1. The van der Waals surface area contributed by atoms with Gasteiger partial charge in [0.1, 0.15) is 5.75 Å². The Morgan fingerprint density at radius 2 is 1.62 bits per heavy atom. The van der Waals surface area contributed by atoms with Crippen LogP contribution in [-0.2, 0) is 24.6 Å². The van der Waals surface area contributed by atoms with E-state index in [2.05, 4.69) is 5.43 Å². The van der Waals surface area contributed by atoms with Crippen molar-refractivity contribution < 1.29 is 43.8 Å². The van der Waals surface area contributed by atoms with Crippen LogP contribution in [0, 0.1) is 23.7 Å². The molecule has 15 heteroatoms. The van der Waals surface area contributed by atoms with E-state index in [4.69, 9.17) is 32.7 Å². The number of methoxy groups -OCH3 is 2. The molecule has 6 unspecified atom stereocenters. The van der Waals surface area contributed by atoms with Crippen LogP contribution in [0.2, 0.25) is 10.0 Å². The van der Waals surface area contributed by atoms with Gasteiger partial charge < -0.3 is 24.6 Å². The van der Waals surface area contributed by atoms with Gasteiger partial charge in [-0.15, -0.1) is 0 Å². The van der Waals surface area contributed by atoms with Gasteiger partial charge in [0.05, 0.1) is 53.8 Å². The predicted molar refractivity (Wildman–Crippen MR) is 204 cm³/mol. The minimum atomic E-state index is -1.82. The first-order valence-corrected chi connectivity index (χ1v) is 18.3. The van der Waals surface area contributed by atoms with E-state index in [0.29, 0.717) is 27.5 Å². The van der Waals surface area contributed by atoms with Crippen molar-refractivity contribution in [1.29, 1.82) is 0 Å². The summed E-state index contributed by atoms with van der Waals surface area (Å²) < 4.78 is 10.8. The summed E-state index contributed by atoms with van der Waals surface area (Å²) in [4.78, 5) is 60.1. The molecule has 2 heterocycles. The maximum Gasteiger partial charge on any atom is 0.488 e. The first-order valence-electron chi connectivity index (χ1n) is 17.6. The number of halogens is 2. The topological polar surface area (TPSA) is 166 Å². The van der Waals surface area contributed by atoms with Crippen LogP contribution >= 0.6 is 23.2 Å². The maximum atomic E-state index is 15.4. The summed E-state index contributed by atoms with van der Waals surface area (Å²) in [5.74, 6) is -5.96. The van der Waals surface area contributed by atoms with E-state index < -0.39 is 65.8 Å². The number of imide groups is 2. The molecule has 4 aliphatic rings. The second-order valence-corrected chi connectivity index (χ2v) is 15.0. The Morgan fingerprint density at radius 3 is 2.29 bits per heavy atom. The first-order chi connectivity index (χ1) is 26.4. The minimum absolute atomic E-state index is 0.0248. The number of ether oxygens (including phenoxy) is 2. The molecule has 280 valence electrons. The Balaban J connectivity index is 1.32. The van der Waals surface area contributed by atoms with Gasteiger partial charge in [-0.1, -0.05) is 65.2 Å². The zero-order chi connectivity index (χ0) is 38.9. The molecule has 4 amide bonds.